The Hall–Kier alpha value is -1.02. The zero-order valence-electron chi connectivity index (χ0n) is 11.6. The van der Waals surface area contributed by atoms with E-state index in [9.17, 15) is 4.79 Å². The minimum Gasteiger partial charge on any atom is -0.469 e. The van der Waals surface area contributed by atoms with Crippen molar-refractivity contribution in [3.8, 4) is 0 Å². The molecule has 0 aromatic heterocycles. The van der Waals surface area contributed by atoms with Crippen LogP contribution >= 0.6 is 11.6 Å². The van der Waals surface area contributed by atoms with Crippen molar-refractivity contribution in [3.63, 3.8) is 0 Å². The maximum Gasteiger partial charge on any atom is 0.305 e. The quantitative estimate of drug-likeness (QED) is 0.367. The van der Waals surface area contributed by atoms with Crippen LogP contribution in [0.1, 0.15) is 55.9 Å². The molecule has 1 unspecified atom stereocenters. The molecule has 1 rings (SSSR count). The Kier molecular flexibility index (Phi) is 8.31. The maximum absolute atomic E-state index is 10.9. The van der Waals surface area contributed by atoms with Crippen molar-refractivity contribution in [2.45, 2.75) is 50.3 Å². The number of benzene rings is 1. The Morgan fingerprint density at radius 1 is 1.11 bits per heavy atom. The molecule has 0 saturated heterocycles. The summed E-state index contributed by atoms with van der Waals surface area (Å²) in [6.07, 6.45) is 7.05. The summed E-state index contributed by atoms with van der Waals surface area (Å²) in [5, 5.41) is 0.122. The van der Waals surface area contributed by atoms with Crippen molar-refractivity contribution in [1.82, 2.24) is 0 Å². The summed E-state index contributed by atoms with van der Waals surface area (Å²) >= 11 is 6.35. The van der Waals surface area contributed by atoms with E-state index in [1.54, 1.807) is 0 Å². The van der Waals surface area contributed by atoms with Gasteiger partial charge in [-0.05, 0) is 18.4 Å². The van der Waals surface area contributed by atoms with Crippen LogP contribution in [-0.4, -0.2) is 13.1 Å². The van der Waals surface area contributed by atoms with E-state index >= 15 is 0 Å². The highest BCUT2D eigenvalue weighted by Crippen LogP contribution is 2.26. The highest BCUT2D eigenvalue weighted by atomic mass is 35.5. The number of alkyl halides is 1. The smallest absolute Gasteiger partial charge is 0.305 e. The number of unbranched alkanes of at least 4 members (excludes halogenated alkanes) is 4. The van der Waals surface area contributed by atoms with Crippen molar-refractivity contribution < 1.29 is 9.53 Å². The third-order valence-corrected chi connectivity index (χ3v) is 3.70. The zero-order chi connectivity index (χ0) is 13.9. The molecule has 0 aliphatic heterocycles. The van der Waals surface area contributed by atoms with Gasteiger partial charge in [0.25, 0.3) is 0 Å². The predicted molar refractivity (Wildman–Crippen MR) is 79.4 cm³/mol. The van der Waals surface area contributed by atoms with Crippen LogP contribution < -0.4 is 0 Å². The monoisotopic (exact) mass is 282 g/mol. The van der Waals surface area contributed by atoms with Gasteiger partial charge in [-0.2, -0.15) is 0 Å². The number of hydrogen-bond donors (Lipinski definition) is 0. The summed E-state index contributed by atoms with van der Waals surface area (Å²) in [5.41, 5.74) is 1.20. The maximum atomic E-state index is 10.9. The molecule has 0 aliphatic carbocycles. The summed E-state index contributed by atoms with van der Waals surface area (Å²) < 4.78 is 4.60. The third kappa shape index (κ3) is 7.22. The molecule has 19 heavy (non-hydrogen) atoms. The predicted octanol–water partition coefficient (Wildman–Crippen LogP) is 4.87. The first-order valence-electron chi connectivity index (χ1n) is 7.00. The lowest BCUT2D eigenvalue weighted by atomic mass is 10.0. The standard InChI is InChI=1S/C16H23ClO2/c1-19-16(18)13-9-4-2-3-8-12-15(17)14-10-6-5-7-11-14/h5-7,10-11,15H,2-4,8-9,12-13H2,1H3. The van der Waals surface area contributed by atoms with E-state index in [-0.39, 0.29) is 11.3 Å². The molecule has 0 heterocycles. The highest BCUT2D eigenvalue weighted by molar-refractivity contribution is 6.20. The van der Waals surface area contributed by atoms with Gasteiger partial charge in [-0.3, -0.25) is 4.79 Å². The average molecular weight is 283 g/mol. The topological polar surface area (TPSA) is 26.3 Å². The van der Waals surface area contributed by atoms with Gasteiger partial charge in [-0.15, -0.1) is 11.6 Å². The summed E-state index contributed by atoms with van der Waals surface area (Å²) in [4.78, 5) is 10.9. The van der Waals surface area contributed by atoms with E-state index in [1.165, 1.54) is 19.1 Å². The van der Waals surface area contributed by atoms with Crippen LogP contribution in [0, 0.1) is 0 Å². The molecule has 0 bridgehead atoms. The molecule has 0 fully saturated rings. The fourth-order valence-corrected chi connectivity index (χ4v) is 2.35. The Balaban J connectivity index is 2.00. The van der Waals surface area contributed by atoms with Crippen molar-refractivity contribution in [2.24, 2.45) is 0 Å². The van der Waals surface area contributed by atoms with Gasteiger partial charge in [0.05, 0.1) is 12.5 Å². The summed E-state index contributed by atoms with van der Waals surface area (Å²) in [7, 11) is 1.44. The second kappa shape index (κ2) is 9.85. The molecule has 1 aromatic rings. The lowest BCUT2D eigenvalue weighted by molar-refractivity contribution is -0.140. The Bertz CT molecular complexity index is 351. The van der Waals surface area contributed by atoms with Crippen LogP contribution in [0.2, 0.25) is 0 Å². The van der Waals surface area contributed by atoms with Crippen LogP contribution in [0.4, 0.5) is 0 Å². The SMILES string of the molecule is COC(=O)CCCCCCCC(Cl)c1ccccc1. The first kappa shape index (κ1) is 16.0. The van der Waals surface area contributed by atoms with Gasteiger partial charge < -0.3 is 4.74 Å². The molecule has 106 valence electrons. The number of esters is 1. The van der Waals surface area contributed by atoms with Gasteiger partial charge >= 0.3 is 5.97 Å². The van der Waals surface area contributed by atoms with Gasteiger partial charge in [0.1, 0.15) is 0 Å². The van der Waals surface area contributed by atoms with Gasteiger partial charge in [-0.25, -0.2) is 0 Å². The minimum atomic E-state index is -0.107. The molecule has 1 aromatic carbocycles. The lowest BCUT2D eigenvalue weighted by Gasteiger charge is -2.09. The average Bonchev–Trinajstić information content (AvgIpc) is 2.46. The Morgan fingerprint density at radius 2 is 1.74 bits per heavy atom. The molecule has 1 atom stereocenters. The van der Waals surface area contributed by atoms with Crippen LogP contribution in [0.3, 0.4) is 0 Å². The van der Waals surface area contributed by atoms with Gasteiger partial charge in [-0.1, -0.05) is 56.0 Å². The lowest BCUT2D eigenvalue weighted by Crippen LogP contribution is -1.99. The molecule has 0 N–H and O–H groups in total. The number of halogens is 1. The number of rotatable bonds is 9. The van der Waals surface area contributed by atoms with Crippen LogP contribution in [0.25, 0.3) is 0 Å². The molecular weight excluding hydrogens is 260 g/mol. The zero-order valence-corrected chi connectivity index (χ0v) is 12.4. The van der Waals surface area contributed by atoms with Gasteiger partial charge in [0.2, 0.25) is 0 Å². The van der Waals surface area contributed by atoms with Crippen LogP contribution in [0.15, 0.2) is 30.3 Å². The molecule has 3 heteroatoms. The van der Waals surface area contributed by atoms with Crippen molar-refractivity contribution >= 4 is 17.6 Å². The number of methoxy groups -OCH3 is 1. The van der Waals surface area contributed by atoms with E-state index in [0.29, 0.717) is 6.42 Å². The Labute approximate surface area is 121 Å². The van der Waals surface area contributed by atoms with Crippen molar-refractivity contribution in [2.75, 3.05) is 7.11 Å². The largest absolute Gasteiger partial charge is 0.469 e. The van der Waals surface area contributed by atoms with Crippen LogP contribution in [-0.2, 0) is 9.53 Å². The normalized spacial score (nSPS) is 12.1. The molecular formula is C16H23ClO2. The van der Waals surface area contributed by atoms with E-state index < -0.39 is 0 Å². The van der Waals surface area contributed by atoms with Gasteiger partial charge in [0.15, 0.2) is 0 Å². The highest BCUT2D eigenvalue weighted by Gasteiger charge is 2.06. The Morgan fingerprint density at radius 3 is 2.42 bits per heavy atom. The fraction of sp³-hybridized carbons (Fsp3) is 0.562. The number of carbonyl (C=O) groups excluding carboxylic acids is 1. The van der Waals surface area contributed by atoms with E-state index in [1.807, 2.05) is 18.2 Å². The van der Waals surface area contributed by atoms with E-state index in [2.05, 4.69) is 16.9 Å². The van der Waals surface area contributed by atoms with E-state index in [0.717, 1.165) is 32.1 Å². The molecule has 2 nitrogen and oxygen atoms in total. The number of hydrogen-bond acceptors (Lipinski definition) is 2. The van der Waals surface area contributed by atoms with Crippen molar-refractivity contribution in [3.05, 3.63) is 35.9 Å². The molecule has 0 aliphatic rings. The third-order valence-electron chi connectivity index (χ3n) is 3.23. The number of ether oxygens (including phenoxy) is 1. The molecule has 0 radical (unpaired) electrons. The van der Waals surface area contributed by atoms with Crippen molar-refractivity contribution in [1.29, 1.82) is 0 Å². The molecule has 0 amide bonds. The van der Waals surface area contributed by atoms with E-state index in [4.69, 9.17) is 11.6 Å². The molecule has 0 saturated carbocycles. The minimum absolute atomic E-state index is 0.107. The first-order chi connectivity index (χ1) is 9.24. The summed E-state index contributed by atoms with van der Waals surface area (Å²) in [5.74, 6) is -0.107. The fourth-order valence-electron chi connectivity index (χ4n) is 2.05. The summed E-state index contributed by atoms with van der Waals surface area (Å²) in [6, 6.07) is 10.2. The second-order valence-electron chi connectivity index (χ2n) is 4.76. The molecule has 0 spiro atoms. The first-order valence-corrected chi connectivity index (χ1v) is 7.43. The summed E-state index contributed by atoms with van der Waals surface area (Å²) in [6.45, 7) is 0. The van der Waals surface area contributed by atoms with Crippen LogP contribution in [0.5, 0.6) is 0 Å². The van der Waals surface area contributed by atoms with Gasteiger partial charge in [0, 0.05) is 6.42 Å². The number of carbonyl (C=O) groups is 1. The second-order valence-corrected chi connectivity index (χ2v) is 5.29.